The molecule has 0 bridgehead atoms. The number of carbonyl (C=O) groups excluding carboxylic acids is 1. The van der Waals surface area contributed by atoms with E-state index in [-0.39, 0.29) is 12.0 Å². The van der Waals surface area contributed by atoms with Crippen molar-refractivity contribution in [3.63, 3.8) is 0 Å². The van der Waals surface area contributed by atoms with E-state index in [9.17, 15) is 4.79 Å². The van der Waals surface area contributed by atoms with Crippen molar-refractivity contribution in [2.75, 3.05) is 6.54 Å². The number of alkyl carbamates (subject to hydrolysis) is 1. The summed E-state index contributed by atoms with van der Waals surface area (Å²) in [5.41, 5.74) is -0.461. The molecule has 0 rings (SSSR count). The Hall–Kier alpha value is -0.770. The van der Waals surface area contributed by atoms with Gasteiger partial charge < -0.3 is 15.2 Å². The van der Waals surface area contributed by atoms with Gasteiger partial charge in [-0.15, -0.1) is 0 Å². The molecule has 0 aliphatic rings. The van der Waals surface area contributed by atoms with Crippen molar-refractivity contribution in [3.8, 4) is 0 Å². The maximum Gasteiger partial charge on any atom is 0.407 e. The van der Waals surface area contributed by atoms with Crippen molar-refractivity contribution in [1.82, 2.24) is 5.32 Å². The van der Waals surface area contributed by atoms with Gasteiger partial charge in [-0.05, 0) is 40.0 Å². The van der Waals surface area contributed by atoms with E-state index in [1.807, 2.05) is 27.7 Å². The fraction of sp³-hybridized carbons (Fsp3) is 0.909. The average Bonchev–Trinajstić information content (AvgIpc) is 1.96. The van der Waals surface area contributed by atoms with E-state index in [0.717, 1.165) is 0 Å². The molecule has 0 aromatic heterocycles. The lowest BCUT2D eigenvalue weighted by molar-refractivity contribution is 0.0513. The first-order valence-electron chi connectivity index (χ1n) is 5.35. The molecule has 90 valence electrons. The first-order chi connectivity index (χ1) is 6.70. The molecule has 0 spiro atoms. The molecule has 0 aromatic rings. The number of aliphatic hydroxyl groups is 1. The molecular weight excluding hydrogens is 194 g/mol. The van der Waals surface area contributed by atoms with Crippen LogP contribution >= 0.6 is 0 Å². The Balaban J connectivity index is 3.72. The van der Waals surface area contributed by atoms with Gasteiger partial charge in [0.25, 0.3) is 0 Å². The summed E-state index contributed by atoms with van der Waals surface area (Å²) in [6.07, 6.45) is -0.0594. The van der Waals surface area contributed by atoms with Gasteiger partial charge in [-0.2, -0.15) is 0 Å². The van der Waals surface area contributed by atoms with Gasteiger partial charge in [0.05, 0.1) is 6.10 Å². The summed E-state index contributed by atoms with van der Waals surface area (Å²) in [5.74, 6) is 0.248. The van der Waals surface area contributed by atoms with Crippen LogP contribution in [0, 0.1) is 5.92 Å². The highest BCUT2D eigenvalue weighted by atomic mass is 16.6. The van der Waals surface area contributed by atoms with Crippen LogP contribution in [0.2, 0.25) is 0 Å². The molecule has 0 heterocycles. The van der Waals surface area contributed by atoms with E-state index >= 15 is 0 Å². The lowest BCUT2D eigenvalue weighted by Gasteiger charge is -2.21. The fourth-order valence-corrected chi connectivity index (χ4v) is 1.24. The molecular formula is C11H23NO3. The molecule has 4 nitrogen and oxygen atoms in total. The van der Waals surface area contributed by atoms with Crippen LogP contribution in [0.5, 0.6) is 0 Å². The highest BCUT2D eigenvalue weighted by Crippen LogP contribution is 2.07. The summed E-state index contributed by atoms with van der Waals surface area (Å²) in [6.45, 7) is 9.72. The molecule has 0 fully saturated rings. The van der Waals surface area contributed by atoms with Gasteiger partial charge in [0.15, 0.2) is 0 Å². The van der Waals surface area contributed by atoms with Crippen molar-refractivity contribution in [1.29, 1.82) is 0 Å². The molecule has 0 aliphatic heterocycles. The van der Waals surface area contributed by atoms with Crippen molar-refractivity contribution in [3.05, 3.63) is 0 Å². The topological polar surface area (TPSA) is 58.6 Å². The number of nitrogens with one attached hydrogen (secondary N) is 1. The van der Waals surface area contributed by atoms with Gasteiger partial charge in [-0.3, -0.25) is 0 Å². The molecule has 2 unspecified atom stereocenters. The van der Waals surface area contributed by atoms with Crippen molar-refractivity contribution in [2.24, 2.45) is 5.92 Å². The SMILES string of the molecule is CC(O)CC(C)CNC(=O)OC(C)(C)C. The van der Waals surface area contributed by atoms with E-state index in [4.69, 9.17) is 9.84 Å². The van der Waals surface area contributed by atoms with Gasteiger partial charge in [-0.25, -0.2) is 4.79 Å². The largest absolute Gasteiger partial charge is 0.444 e. The lowest BCUT2D eigenvalue weighted by Crippen LogP contribution is -2.35. The highest BCUT2D eigenvalue weighted by Gasteiger charge is 2.16. The first-order valence-corrected chi connectivity index (χ1v) is 5.35. The van der Waals surface area contributed by atoms with E-state index < -0.39 is 11.7 Å². The molecule has 0 aromatic carbocycles. The van der Waals surface area contributed by atoms with Crippen LogP contribution in [0.3, 0.4) is 0 Å². The fourth-order valence-electron chi connectivity index (χ4n) is 1.24. The van der Waals surface area contributed by atoms with Crippen LogP contribution in [0.4, 0.5) is 4.79 Å². The predicted octanol–water partition coefficient (Wildman–Crippen LogP) is 1.92. The minimum absolute atomic E-state index is 0.248. The molecule has 0 saturated heterocycles. The van der Waals surface area contributed by atoms with Gasteiger partial charge >= 0.3 is 6.09 Å². The van der Waals surface area contributed by atoms with Crippen LogP contribution in [0.25, 0.3) is 0 Å². The van der Waals surface area contributed by atoms with E-state index in [1.54, 1.807) is 6.92 Å². The number of aliphatic hydroxyl groups excluding tert-OH is 1. The first kappa shape index (κ1) is 14.2. The summed E-state index contributed by atoms with van der Waals surface area (Å²) >= 11 is 0. The van der Waals surface area contributed by atoms with Crippen molar-refractivity contribution >= 4 is 6.09 Å². The van der Waals surface area contributed by atoms with Crippen molar-refractivity contribution in [2.45, 2.75) is 52.7 Å². The Kier molecular flexibility index (Phi) is 5.65. The summed E-state index contributed by atoms with van der Waals surface area (Å²) in [4.78, 5) is 11.3. The Bertz CT molecular complexity index is 196. The number of carbonyl (C=O) groups is 1. The summed E-state index contributed by atoms with van der Waals surface area (Å²) in [5, 5.41) is 11.8. The number of amides is 1. The Labute approximate surface area is 92.0 Å². The normalized spacial score (nSPS) is 15.6. The third kappa shape index (κ3) is 9.53. The molecule has 1 amide bonds. The third-order valence-electron chi connectivity index (χ3n) is 1.74. The van der Waals surface area contributed by atoms with Crippen LogP contribution in [-0.2, 0) is 4.74 Å². The maximum absolute atomic E-state index is 11.3. The van der Waals surface area contributed by atoms with Crippen LogP contribution < -0.4 is 5.32 Å². The molecule has 2 N–H and O–H groups in total. The second kappa shape index (κ2) is 5.95. The molecule has 0 radical (unpaired) electrons. The standard InChI is InChI=1S/C11H23NO3/c1-8(6-9(2)13)7-12-10(14)15-11(3,4)5/h8-9,13H,6-7H2,1-5H3,(H,12,14). The third-order valence-corrected chi connectivity index (χ3v) is 1.74. The van der Waals surface area contributed by atoms with Crippen LogP contribution in [0.1, 0.15) is 41.0 Å². The Morgan fingerprint density at radius 1 is 1.40 bits per heavy atom. The smallest absolute Gasteiger partial charge is 0.407 e. The molecule has 15 heavy (non-hydrogen) atoms. The molecule has 0 saturated carbocycles. The minimum Gasteiger partial charge on any atom is -0.444 e. The Morgan fingerprint density at radius 3 is 2.33 bits per heavy atom. The summed E-state index contributed by atoms with van der Waals surface area (Å²) < 4.78 is 5.08. The average molecular weight is 217 g/mol. The second-order valence-corrected chi connectivity index (χ2v) is 5.07. The second-order valence-electron chi connectivity index (χ2n) is 5.07. The maximum atomic E-state index is 11.3. The summed E-state index contributed by atoms with van der Waals surface area (Å²) in [6, 6.07) is 0. The zero-order chi connectivity index (χ0) is 12.1. The van der Waals surface area contributed by atoms with Gasteiger partial charge in [0.1, 0.15) is 5.60 Å². The minimum atomic E-state index is -0.461. The molecule has 2 atom stereocenters. The number of hydrogen-bond donors (Lipinski definition) is 2. The summed E-state index contributed by atoms with van der Waals surface area (Å²) in [7, 11) is 0. The van der Waals surface area contributed by atoms with Gasteiger partial charge in [0.2, 0.25) is 0 Å². The molecule has 4 heteroatoms. The zero-order valence-corrected chi connectivity index (χ0v) is 10.3. The van der Waals surface area contributed by atoms with E-state index in [1.165, 1.54) is 0 Å². The van der Waals surface area contributed by atoms with Crippen LogP contribution in [0.15, 0.2) is 0 Å². The zero-order valence-electron chi connectivity index (χ0n) is 10.3. The predicted molar refractivity (Wildman–Crippen MR) is 59.7 cm³/mol. The monoisotopic (exact) mass is 217 g/mol. The number of rotatable bonds is 4. The number of hydrogen-bond acceptors (Lipinski definition) is 3. The van der Waals surface area contributed by atoms with E-state index in [0.29, 0.717) is 13.0 Å². The Morgan fingerprint density at radius 2 is 1.93 bits per heavy atom. The van der Waals surface area contributed by atoms with Crippen LogP contribution in [-0.4, -0.2) is 29.4 Å². The highest BCUT2D eigenvalue weighted by molar-refractivity contribution is 5.67. The number of ether oxygens (including phenoxy) is 1. The lowest BCUT2D eigenvalue weighted by atomic mass is 10.1. The molecule has 0 aliphatic carbocycles. The van der Waals surface area contributed by atoms with E-state index in [2.05, 4.69) is 5.32 Å². The van der Waals surface area contributed by atoms with Gasteiger partial charge in [0, 0.05) is 6.54 Å². The van der Waals surface area contributed by atoms with Crippen molar-refractivity contribution < 1.29 is 14.6 Å². The van der Waals surface area contributed by atoms with Gasteiger partial charge in [-0.1, -0.05) is 6.92 Å². The quantitative estimate of drug-likeness (QED) is 0.756.